The summed E-state index contributed by atoms with van der Waals surface area (Å²) < 4.78 is 0. The highest BCUT2D eigenvalue weighted by Crippen LogP contribution is 2.26. The number of hydrogen-bond donors (Lipinski definition) is 1. The fourth-order valence-corrected chi connectivity index (χ4v) is 1.87. The van der Waals surface area contributed by atoms with E-state index in [2.05, 4.69) is 6.92 Å². The van der Waals surface area contributed by atoms with Crippen LogP contribution < -0.4 is 5.73 Å². The summed E-state index contributed by atoms with van der Waals surface area (Å²) in [7, 11) is 1.87. The van der Waals surface area contributed by atoms with Crippen LogP contribution >= 0.6 is 0 Å². The van der Waals surface area contributed by atoms with Crippen molar-refractivity contribution in [3.63, 3.8) is 0 Å². The van der Waals surface area contributed by atoms with Gasteiger partial charge in [-0.15, -0.1) is 0 Å². The second kappa shape index (κ2) is 5.35. The van der Waals surface area contributed by atoms with Crippen LogP contribution in [0.5, 0.6) is 0 Å². The Balaban J connectivity index is 2.26. The highest BCUT2D eigenvalue weighted by Gasteiger charge is 2.23. The molecule has 3 nitrogen and oxygen atoms in total. The third-order valence-corrected chi connectivity index (χ3v) is 3.05. The van der Waals surface area contributed by atoms with Gasteiger partial charge in [-0.1, -0.05) is 19.8 Å². The molecule has 0 heterocycles. The molecule has 0 aromatic carbocycles. The topological polar surface area (TPSA) is 46.3 Å². The van der Waals surface area contributed by atoms with Crippen LogP contribution in [0.15, 0.2) is 0 Å². The first-order chi connectivity index (χ1) is 6.65. The fraction of sp³-hybridized carbons (Fsp3) is 0.909. The monoisotopic (exact) mass is 198 g/mol. The maximum Gasteiger partial charge on any atom is 0.239 e. The van der Waals surface area contributed by atoms with Gasteiger partial charge in [-0.25, -0.2) is 0 Å². The van der Waals surface area contributed by atoms with E-state index >= 15 is 0 Å². The smallest absolute Gasteiger partial charge is 0.239 e. The summed E-state index contributed by atoms with van der Waals surface area (Å²) >= 11 is 0. The molecule has 1 atom stereocenters. The lowest BCUT2D eigenvalue weighted by Gasteiger charge is -2.31. The Labute approximate surface area is 86.6 Å². The van der Waals surface area contributed by atoms with Gasteiger partial charge >= 0.3 is 0 Å². The van der Waals surface area contributed by atoms with Crippen LogP contribution in [0.25, 0.3) is 0 Å². The molecule has 1 rings (SSSR count). The standard InChI is InChI=1S/C11H22N2O/c1-3-5-10(12)11(14)13(2)8-9-6-4-7-9/h9-10H,3-8,12H2,1-2H3/t10-/m0/s1. The molecule has 14 heavy (non-hydrogen) atoms. The molecule has 0 saturated heterocycles. The van der Waals surface area contributed by atoms with Crippen molar-refractivity contribution in [3.05, 3.63) is 0 Å². The molecule has 0 unspecified atom stereocenters. The SMILES string of the molecule is CCC[C@H](N)C(=O)N(C)CC1CCC1. The van der Waals surface area contributed by atoms with Gasteiger partial charge in [0.15, 0.2) is 0 Å². The fourth-order valence-electron chi connectivity index (χ4n) is 1.87. The van der Waals surface area contributed by atoms with Crippen molar-refractivity contribution in [1.29, 1.82) is 0 Å². The summed E-state index contributed by atoms with van der Waals surface area (Å²) in [5, 5.41) is 0. The Kier molecular flexibility index (Phi) is 4.39. The summed E-state index contributed by atoms with van der Waals surface area (Å²) in [5.74, 6) is 0.844. The molecule has 0 spiro atoms. The summed E-state index contributed by atoms with van der Waals surface area (Å²) in [6, 6.07) is -0.287. The Morgan fingerprint density at radius 3 is 2.64 bits per heavy atom. The minimum atomic E-state index is -0.287. The van der Waals surface area contributed by atoms with Gasteiger partial charge in [0.1, 0.15) is 0 Å². The largest absolute Gasteiger partial charge is 0.344 e. The van der Waals surface area contributed by atoms with Gasteiger partial charge in [0, 0.05) is 13.6 Å². The Morgan fingerprint density at radius 1 is 1.57 bits per heavy atom. The van der Waals surface area contributed by atoms with Crippen LogP contribution in [0.1, 0.15) is 39.0 Å². The van der Waals surface area contributed by atoms with E-state index in [4.69, 9.17) is 5.73 Å². The predicted octanol–water partition coefficient (Wildman–Crippen LogP) is 1.37. The number of likely N-dealkylation sites (N-methyl/N-ethyl adjacent to an activating group) is 1. The van der Waals surface area contributed by atoms with E-state index < -0.39 is 0 Å². The Bertz CT molecular complexity index is 190. The molecule has 0 aromatic rings. The highest BCUT2D eigenvalue weighted by atomic mass is 16.2. The second-order valence-electron chi connectivity index (χ2n) is 4.41. The highest BCUT2D eigenvalue weighted by molar-refractivity contribution is 5.81. The molecular weight excluding hydrogens is 176 g/mol. The minimum absolute atomic E-state index is 0.110. The van der Waals surface area contributed by atoms with Crippen LogP contribution in [-0.4, -0.2) is 30.4 Å². The van der Waals surface area contributed by atoms with E-state index in [1.807, 2.05) is 11.9 Å². The maximum absolute atomic E-state index is 11.7. The van der Waals surface area contributed by atoms with Gasteiger partial charge in [-0.05, 0) is 25.2 Å². The van der Waals surface area contributed by atoms with Crippen LogP contribution in [0.4, 0.5) is 0 Å². The molecule has 1 aliphatic rings. The minimum Gasteiger partial charge on any atom is -0.344 e. The van der Waals surface area contributed by atoms with Crippen molar-refractivity contribution in [2.45, 2.75) is 45.1 Å². The summed E-state index contributed by atoms with van der Waals surface area (Å²) in [5.41, 5.74) is 5.77. The van der Waals surface area contributed by atoms with Crippen LogP contribution in [0, 0.1) is 5.92 Å². The maximum atomic E-state index is 11.7. The van der Waals surface area contributed by atoms with Gasteiger partial charge < -0.3 is 10.6 Å². The average Bonchev–Trinajstić information content (AvgIpc) is 2.10. The Hall–Kier alpha value is -0.570. The predicted molar refractivity (Wildman–Crippen MR) is 57.9 cm³/mol. The summed E-state index contributed by atoms with van der Waals surface area (Å²) in [6.07, 6.45) is 5.66. The number of hydrogen-bond acceptors (Lipinski definition) is 2. The van der Waals surface area contributed by atoms with Crippen LogP contribution in [0.3, 0.4) is 0 Å². The lowest BCUT2D eigenvalue weighted by Crippen LogP contribution is -2.44. The van der Waals surface area contributed by atoms with Crippen molar-refractivity contribution in [3.8, 4) is 0 Å². The zero-order valence-electron chi connectivity index (χ0n) is 9.33. The lowest BCUT2D eigenvalue weighted by molar-refractivity contribution is -0.132. The first kappa shape index (κ1) is 11.5. The molecule has 1 saturated carbocycles. The van der Waals surface area contributed by atoms with Crippen LogP contribution in [0.2, 0.25) is 0 Å². The first-order valence-electron chi connectivity index (χ1n) is 5.65. The normalized spacial score (nSPS) is 18.8. The van der Waals surface area contributed by atoms with E-state index in [1.165, 1.54) is 19.3 Å². The molecule has 0 aliphatic heterocycles. The van der Waals surface area contributed by atoms with Gasteiger partial charge in [-0.2, -0.15) is 0 Å². The van der Waals surface area contributed by atoms with Crippen LogP contribution in [-0.2, 0) is 4.79 Å². The van der Waals surface area contributed by atoms with Gasteiger partial charge in [0.05, 0.1) is 6.04 Å². The zero-order valence-corrected chi connectivity index (χ0v) is 9.33. The van der Waals surface area contributed by atoms with Crippen molar-refractivity contribution >= 4 is 5.91 Å². The third-order valence-electron chi connectivity index (χ3n) is 3.05. The van der Waals surface area contributed by atoms with E-state index in [9.17, 15) is 4.79 Å². The van der Waals surface area contributed by atoms with Gasteiger partial charge in [0.25, 0.3) is 0 Å². The second-order valence-corrected chi connectivity index (χ2v) is 4.41. The lowest BCUT2D eigenvalue weighted by atomic mass is 9.85. The number of nitrogens with two attached hydrogens (primary N) is 1. The zero-order chi connectivity index (χ0) is 10.6. The summed E-state index contributed by atoms with van der Waals surface area (Å²) in [4.78, 5) is 13.5. The molecule has 2 N–H and O–H groups in total. The molecule has 82 valence electrons. The van der Waals surface area contributed by atoms with Gasteiger partial charge in [0.2, 0.25) is 5.91 Å². The van der Waals surface area contributed by atoms with E-state index in [0.29, 0.717) is 0 Å². The van der Waals surface area contributed by atoms with Crippen molar-refractivity contribution in [1.82, 2.24) is 4.90 Å². The first-order valence-corrected chi connectivity index (χ1v) is 5.65. The Morgan fingerprint density at radius 2 is 2.21 bits per heavy atom. The number of carbonyl (C=O) groups is 1. The molecule has 0 aromatic heterocycles. The van der Waals surface area contributed by atoms with E-state index in [1.54, 1.807) is 0 Å². The number of rotatable bonds is 5. The summed E-state index contributed by atoms with van der Waals surface area (Å²) in [6.45, 7) is 2.95. The molecule has 1 fully saturated rings. The van der Waals surface area contributed by atoms with Gasteiger partial charge in [-0.3, -0.25) is 4.79 Å². The number of carbonyl (C=O) groups excluding carboxylic acids is 1. The van der Waals surface area contributed by atoms with E-state index in [-0.39, 0.29) is 11.9 Å². The quantitative estimate of drug-likeness (QED) is 0.725. The van der Waals surface area contributed by atoms with Crippen molar-refractivity contribution in [2.24, 2.45) is 11.7 Å². The molecule has 0 bridgehead atoms. The molecular formula is C11H22N2O. The molecule has 0 radical (unpaired) electrons. The number of amides is 1. The third kappa shape index (κ3) is 2.98. The molecule has 1 amide bonds. The van der Waals surface area contributed by atoms with Crippen molar-refractivity contribution in [2.75, 3.05) is 13.6 Å². The number of nitrogens with zero attached hydrogens (tertiary/aromatic N) is 1. The molecule has 3 heteroatoms. The van der Waals surface area contributed by atoms with Crippen molar-refractivity contribution < 1.29 is 4.79 Å². The molecule has 1 aliphatic carbocycles. The van der Waals surface area contributed by atoms with E-state index in [0.717, 1.165) is 25.3 Å². The average molecular weight is 198 g/mol.